The van der Waals surface area contributed by atoms with E-state index < -0.39 is 17.4 Å². The van der Waals surface area contributed by atoms with Crippen LogP contribution in [0.25, 0.3) is 0 Å². The first-order chi connectivity index (χ1) is 9.07. The summed E-state index contributed by atoms with van der Waals surface area (Å²) in [5, 5.41) is 0. The van der Waals surface area contributed by atoms with Gasteiger partial charge < -0.3 is 14.2 Å². The Balaban J connectivity index is 1.96. The second kappa shape index (κ2) is 4.26. The Bertz CT molecular complexity index is 533. The fourth-order valence-corrected chi connectivity index (χ4v) is 2.52. The first-order valence-corrected chi connectivity index (χ1v) is 6.20. The first-order valence-electron chi connectivity index (χ1n) is 6.20. The van der Waals surface area contributed by atoms with E-state index in [-0.39, 0.29) is 12.8 Å². The molecule has 1 aromatic rings. The van der Waals surface area contributed by atoms with Crippen molar-refractivity contribution < 1.29 is 23.8 Å². The molecule has 19 heavy (non-hydrogen) atoms. The molecule has 5 heteroatoms. The van der Waals surface area contributed by atoms with E-state index in [9.17, 15) is 9.59 Å². The lowest BCUT2D eigenvalue weighted by atomic mass is 9.75. The van der Waals surface area contributed by atoms with Gasteiger partial charge in [0.1, 0.15) is 13.2 Å². The number of hydrogen-bond acceptors (Lipinski definition) is 5. The van der Waals surface area contributed by atoms with E-state index >= 15 is 0 Å². The molecule has 2 heterocycles. The van der Waals surface area contributed by atoms with Crippen LogP contribution in [0.5, 0.6) is 11.5 Å². The summed E-state index contributed by atoms with van der Waals surface area (Å²) in [6, 6.07) is 5.54. The third-order valence-electron chi connectivity index (χ3n) is 3.54. The zero-order valence-electron chi connectivity index (χ0n) is 10.6. The molecular weight excluding hydrogens is 248 g/mol. The highest BCUT2D eigenvalue weighted by atomic mass is 16.6. The summed E-state index contributed by atoms with van der Waals surface area (Å²) in [5.41, 5.74) is 0.351. The summed E-state index contributed by atoms with van der Waals surface area (Å²) in [6.45, 7) is 2.93. The molecule has 0 aromatic heterocycles. The van der Waals surface area contributed by atoms with Gasteiger partial charge in [0.25, 0.3) is 0 Å². The lowest BCUT2D eigenvalue weighted by Gasteiger charge is -2.32. The van der Waals surface area contributed by atoms with E-state index in [1.165, 1.54) is 0 Å². The Morgan fingerprint density at radius 2 is 1.63 bits per heavy atom. The van der Waals surface area contributed by atoms with E-state index in [0.717, 1.165) is 5.56 Å². The van der Waals surface area contributed by atoms with Crippen molar-refractivity contribution in [3.63, 3.8) is 0 Å². The largest absolute Gasteiger partial charge is 0.486 e. The number of rotatable bonds is 1. The van der Waals surface area contributed by atoms with Gasteiger partial charge in [-0.25, -0.2) is 0 Å². The van der Waals surface area contributed by atoms with Gasteiger partial charge in [0, 0.05) is 5.41 Å². The molecule has 0 bridgehead atoms. The number of hydrogen-bond donors (Lipinski definition) is 0. The minimum absolute atomic E-state index is 0.193. The minimum Gasteiger partial charge on any atom is -0.486 e. The summed E-state index contributed by atoms with van der Waals surface area (Å²) < 4.78 is 15.6. The van der Waals surface area contributed by atoms with E-state index in [0.29, 0.717) is 24.7 Å². The average molecular weight is 262 g/mol. The number of benzene rings is 1. The molecule has 1 saturated heterocycles. The Kier molecular flexibility index (Phi) is 2.69. The SMILES string of the molecule is CC1(c2ccc3c(c2)OCCO3)CC(=O)OC(=O)C1. The van der Waals surface area contributed by atoms with Crippen LogP contribution < -0.4 is 9.47 Å². The summed E-state index contributed by atoms with van der Waals surface area (Å²) >= 11 is 0. The molecule has 0 aliphatic carbocycles. The number of carbonyl (C=O) groups is 2. The molecule has 2 aliphatic heterocycles. The highest BCUT2D eigenvalue weighted by Crippen LogP contribution is 2.40. The molecule has 0 unspecified atom stereocenters. The summed E-state index contributed by atoms with van der Waals surface area (Å²) in [7, 11) is 0. The molecule has 0 saturated carbocycles. The summed E-state index contributed by atoms with van der Waals surface area (Å²) in [5.74, 6) is 0.405. The second-order valence-corrected chi connectivity index (χ2v) is 5.12. The Labute approximate surface area is 110 Å². The van der Waals surface area contributed by atoms with Crippen LogP contribution in [0.4, 0.5) is 0 Å². The predicted molar refractivity (Wildman–Crippen MR) is 65.1 cm³/mol. The summed E-state index contributed by atoms with van der Waals surface area (Å²) in [4.78, 5) is 22.9. The average Bonchev–Trinajstić information content (AvgIpc) is 2.36. The molecule has 0 amide bonds. The van der Waals surface area contributed by atoms with E-state index in [1.54, 1.807) is 0 Å². The van der Waals surface area contributed by atoms with E-state index in [2.05, 4.69) is 4.74 Å². The zero-order valence-corrected chi connectivity index (χ0v) is 10.6. The Morgan fingerprint density at radius 3 is 2.32 bits per heavy atom. The van der Waals surface area contributed by atoms with Crippen molar-refractivity contribution in [2.45, 2.75) is 25.2 Å². The maximum Gasteiger partial charge on any atom is 0.314 e. The Morgan fingerprint density at radius 1 is 1.00 bits per heavy atom. The van der Waals surface area contributed by atoms with Gasteiger partial charge in [-0.3, -0.25) is 9.59 Å². The maximum absolute atomic E-state index is 11.5. The fourth-order valence-electron chi connectivity index (χ4n) is 2.52. The normalized spacial score (nSPS) is 20.9. The third kappa shape index (κ3) is 2.16. The number of carbonyl (C=O) groups excluding carboxylic acids is 2. The van der Waals surface area contributed by atoms with Crippen molar-refractivity contribution in [2.24, 2.45) is 0 Å². The van der Waals surface area contributed by atoms with Crippen LogP contribution >= 0.6 is 0 Å². The molecule has 0 radical (unpaired) electrons. The van der Waals surface area contributed by atoms with Crippen molar-refractivity contribution >= 4 is 11.9 Å². The van der Waals surface area contributed by atoms with Crippen LogP contribution in [0, 0.1) is 0 Å². The number of ether oxygens (including phenoxy) is 3. The van der Waals surface area contributed by atoms with Gasteiger partial charge in [0.15, 0.2) is 11.5 Å². The highest BCUT2D eigenvalue weighted by Gasteiger charge is 2.39. The molecule has 5 nitrogen and oxygen atoms in total. The summed E-state index contributed by atoms with van der Waals surface area (Å²) in [6.07, 6.45) is 0.386. The molecule has 1 aromatic carbocycles. The predicted octanol–water partition coefficient (Wildman–Crippen LogP) is 1.58. The quantitative estimate of drug-likeness (QED) is 0.568. The molecule has 0 atom stereocenters. The van der Waals surface area contributed by atoms with Crippen molar-refractivity contribution in [1.29, 1.82) is 0 Å². The van der Waals surface area contributed by atoms with E-state index in [1.807, 2.05) is 25.1 Å². The molecule has 0 N–H and O–H groups in total. The first kappa shape index (κ1) is 12.0. The fraction of sp³-hybridized carbons (Fsp3) is 0.429. The standard InChI is InChI=1S/C14H14O5/c1-14(7-12(15)19-13(16)8-14)9-2-3-10-11(6-9)18-5-4-17-10/h2-3,6H,4-5,7-8H2,1H3. The molecule has 3 rings (SSSR count). The Hall–Kier alpha value is -2.04. The van der Waals surface area contributed by atoms with Gasteiger partial charge in [0.05, 0.1) is 12.8 Å². The molecular formula is C14H14O5. The highest BCUT2D eigenvalue weighted by molar-refractivity contribution is 5.90. The van der Waals surface area contributed by atoms with Crippen LogP contribution in [0.1, 0.15) is 25.3 Å². The second-order valence-electron chi connectivity index (χ2n) is 5.12. The van der Waals surface area contributed by atoms with Crippen molar-refractivity contribution in [3.8, 4) is 11.5 Å². The molecule has 100 valence electrons. The van der Waals surface area contributed by atoms with Crippen molar-refractivity contribution in [3.05, 3.63) is 23.8 Å². The van der Waals surface area contributed by atoms with Crippen LogP contribution in [0.15, 0.2) is 18.2 Å². The van der Waals surface area contributed by atoms with Crippen LogP contribution in [0.3, 0.4) is 0 Å². The van der Waals surface area contributed by atoms with Gasteiger partial charge in [-0.2, -0.15) is 0 Å². The van der Waals surface area contributed by atoms with Gasteiger partial charge in [-0.1, -0.05) is 13.0 Å². The van der Waals surface area contributed by atoms with Crippen LogP contribution in [-0.2, 0) is 19.7 Å². The van der Waals surface area contributed by atoms with Gasteiger partial charge in [-0.05, 0) is 17.7 Å². The third-order valence-corrected chi connectivity index (χ3v) is 3.54. The van der Waals surface area contributed by atoms with Crippen LogP contribution in [0.2, 0.25) is 0 Å². The van der Waals surface area contributed by atoms with Crippen molar-refractivity contribution in [1.82, 2.24) is 0 Å². The number of cyclic esters (lactones) is 2. The molecule has 1 fully saturated rings. The lowest BCUT2D eigenvalue weighted by Crippen LogP contribution is -2.36. The minimum atomic E-state index is -0.539. The topological polar surface area (TPSA) is 61.8 Å². The number of esters is 2. The molecule has 0 spiro atoms. The monoisotopic (exact) mass is 262 g/mol. The lowest BCUT2D eigenvalue weighted by molar-refractivity contribution is -0.166. The van der Waals surface area contributed by atoms with Crippen molar-refractivity contribution in [2.75, 3.05) is 13.2 Å². The zero-order chi connectivity index (χ0) is 13.5. The molecule has 2 aliphatic rings. The van der Waals surface area contributed by atoms with Gasteiger partial charge in [-0.15, -0.1) is 0 Å². The number of fused-ring (bicyclic) bond motifs is 1. The smallest absolute Gasteiger partial charge is 0.314 e. The van der Waals surface area contributed by atoms with E-state index in [4.69, 9.17) is 9.47 Å². The van der Waals surface area contributed by atoms with Gasteiger partial charge >= 0.3 is 11.9 Å². The maximum atomic E-state index is 11.5. The van der Waals surface area contributed by atoms with Crippen LogP contribution in [-0.4, -0.2) is 25.2 Å². The van der Waals surface area contributed by atoms with Gasteiger partial charge in [0.2, 0.25) is 0 Å².